The van der Waals surface area contributed by atoms with Gasteiger partial charge < -0.3 is 20.2 Å². The van der Waals surface area contributed by atoms with Gasteiger partial charge in [-0.3, -0.25) is 0 Å². The fourth-order valence-electron chi connectivity index (χ4n) is 2.67. The van der Waals surface area contributed by atoms with Crippen molar-refractivity contribution in [2.45, 2.75) is 25.9 Å². The van der Waals surface area contributed by atoms with Crippen molar-refractivity contribution in [1.82, 2.24) is 4.98 Å². The molecule has 19 heavy (non-hydrogen) atoms. The van der Waals surface area contributed by atoms with Gasteiger partial charge in [0.2, 0.25) is 0 Å². The standard InChI is InChI=1S/C14H19N3O2/c1-9(18)10-5-7-17(8-6-10)14-16-13-11(15)3-2-4-12(13)19-14/h2-4,9-10,18H,5-8,15H2,1H3. The number of rotatable bonds is 2. The maximum absolute atomic E-state index is 9.61. The third kappa shape index (κ3) is 2.26. The monoisotopic (exact) mass is 261 g/mol. The minimum Gasteiger partial charge on any atom is -0.423 e. The summed E-state index contributed by atoms with van der Waals surface area (Å²) in [7, 11) is 0. The van der Waals surface area contributed by atoms with Gasteiger partial charge in [0.1, 0.15) is 5.52 Å². The van der Waals surface area contributed by atoms with Gasteiger partial charge in [0.05, 0.1) is 11.8 Å². The Morgan fingerprint density at radius 2 is 2.16 bits per heavy atom. The molecule has 3 N–H and O–H groups in total. The number of aliphatic hydroxyl groups is 1. The molecule has 1 aliphatic heterocycles. The number of nitrogens with two attached hydrogens (primary N) is 1. The number of hydrogen-bond acceptors (Lipinski definition) is 5. The first-order valence-corrected chi connectivity index (χ1v) is 6.73. The van der Waals surface area contributed by atoms with Crippen LogP contribution < -0.4 is 10.6 Å². The summed E-state index contributed by atoms with van der Waals surface area (Å²) < 4.78 is 5.76. The van der Waals surface area contributed by atoms with E-state index in [-0.39, 0.29) is 6.10 Å². The van der Waals surface area contributed by atoms with E-state index in [0.29, 0.717) is 17.6 Å². The average molecular weight is 261 g/mol. The first kappa shape index (κ1) is 12.3. The summed E-state index contributed by atoms with van der Waals surface area (Å²) in [6.45, 7) is 3.59. The number of nitrogen functional groups attached to an aromatic ring is 1. The summed E-state index contributed by atoms with van der Waals surface area (Å²) in [4.78, 5) is 6.60. The molecule has 0 saturated carbocycles. The Kier molecular flexibility index (Phi) is 3.06. The van der Waals surface area contributed by atoms with Gasteiger partial charge in [0.15, 0.2) is 5.58 Å². The number of nitrogens with zero attached hydrogens (tertiary/aromatic N) is 2. The van der Waals surface area contributed by atoms with Crippen molar-refractivity contribution < 1.29 is 9.52 Å². The van der Waals surface area contributed by atoms with E-state index >= 15 is 0 Å². The number of aliphatic hydroxyl groups excluding tert-OH is 1. The van der Waals surface area contributed by atoms with Crippen LogP contribution >= 0.6 is 0 Å². The molecule has 0 amide bonds. The molecule has 1 saturated heterocycles. The summed E-state index contributed by atoms with van der Waals surface area (Å²) >= 11 is 0. The van der Waals surface area contributed by atoms with E-state index in [1.165, 1.54) is 0 Å². The van der Waals surface area contributed by atoms with Crippen LogP contribution in [0, 0.1) is 5.92 Å². The third-order valence-corrected chi connectivity index (χ3v) is 3.93. The van der Waals surface area contributed by atoms with Gasteiger partial charge in [-0.2, -0.15) is 4.98 Å². The molecule has 0 radical (unpaired) electrons. The van der Waals surface area contributed by atoms with Crippen LogP contribution in [0.1, 0.15) is 19.8 Å². The van der Waals surface area contributed by atoms with Gasteiger partial charge in [-0.25, -0.2) is 0 Å². The molecule has 5 heteroatoms. The highest BCUT2D eigenvalue weighted by Crippen LogP contribution is 2.29. The number of para-hydroxylation sites is 1. The van der Waals surface area contributed by atoms with Crippen molar-refractivity contribution in [2.24, 2.45) is 5.92 Å². The Balaban J connectivity index is 1.80. The lowest BCUT2D eigenvalue weighted by Gasteiger charge is -2.32. The zero-order valence-electron chi connectivity index (χ0n) is 11.0. The van der Waals surface area contributed by atoms with E-state index in [0.717, 1.165) is 37.0 Å². The molecule has 5 nitrogen and oxygen atoms in total. The smallest absolute Gasteiger partial charge is 0.298 e. The summed E-state index contributed by atoms with van der Waals surface area (Å²) in [5.74, 6) is 0.380. The van der Waals surface area contributed by atoms with E-state index in [4.69, 9.17) is 10.2 Å². The molecule has 3 rings (SSSR count). The van der Waals surface area contributed by atoms with E-state index in [1.807, 2.05) is 25.1 Å². The van der Waals surface area contributed by atoms with Crippen LogP contribution in [0.4, 0.5) is 11.7 Å². The van der Waals surface area contributed by atoms with Gasteiger partial charge in [-0.1, -0.05) is 6.07 Å². The van der Waals surface area contributed by atoms with Crippen molar-refractivity contribution >= 4 is 22.8 Å². The summed E-state index contributed by atoms with van der Waals surface area (Å²) in [5, 5.41) is 9.61. The Labute approximate surface area is 112 Å². The molecule has 1 aromatic heterocycles. The number of oxazole rings is 1. The third-order valence-electron chi connectivity index (χ3n) is 3.93. The largest absolute Gasteiger partial charge is 0.423 e. The number of anilines is 2. The molecule has 2 heterocycles. The second kappa shape index (κ2) is 4.74. The molecule has 102 valence electrons. The number of fused-ring (bicyclic) bond motifs is 1. The van der Waals surface area contributed by atoms with Crippen LogP contribution in [0.25, 0.3) is 11.1 Å². The summed E-state index contributed by atoms with van der Waals surface area (Å²) in [6, 6.07) is 6.21. The fourth-order valence-corrected chi connectivity index (χ4v) is 2.67. The highest BCUT2D eigenvalue weighted by molar-refractivity contribution is 5.86. The fraction of sp³-hybridized carbons (Fsp3) is 0.500. The number of piperidine rings is 1. The molecule has 0 spiro atoms. The second-order valence-electron chi connectivity index (χ2n) is 5.26. The highest BCUT2D eigenvalue weighted by Gasteiger charge is 2.25. The Morgan fingerprint density at radius 3 is 2.79 bits per heavy atom. The molecular weight excluding hydrogens is 242 g/mol. The molecule has 1 atom stereocenters. The maximum atomic E-state index is 9.61. The van der Waals surface area contributed by atoms with E-state index in [1.54, 1.807) is 0 Å². The number of hydrogen-bond donors (Lipinski definition) is 2. The van der Waals surface area contributed by atoms with Crippen LogP contribution in [0.15, 0.2) is 22.6 Å². The zero-order valence-corrected chi connectivity index (χ0v) is 11.0. The van der Waals surface area contributed by atoms with Crippen LogP contribution in [0.2, 0.25) is 0 Å². The quantitative estimate of drug-likeness (QED) is 0.809. The maximum Gasteiger partial charge on any atom is 0.298 e. The molecule has 0 aliphatic carbocycles. The molecule has 1 unspecified atom stereocenters. The zero-order chi connectivity index (χ0) is 13.4. The average Bonchev–Trinajstić information content (AvgIpc) is 2.84. The molecule has 1 aliphatic rings. The lowest BCUT2D eigenvalue weighted by atomic mass is 9.92. The van der Waals surface area contributed by atoms with Crippen molar-refractivity contribution in [3.63, 3.8) is 0 Å². The molecule has 0 bridgehead atoms. The summed E-state index contributed by atoms with van der Waals surface area (Å²) in [6.07, 6.45) is 1.69. The van der Waals surface area contributed by atoms with Crippen LogP contribution in [0.3, 0.4) is 0 Å². The van der Waals surface area contributed by atoms with Crippen molar-refractivity contribution in [2.75, 3.05) is 23.7 Å². The molecule has 1 fully saturated rings. The first-order valence-electron chi connectivity index (χ1n) is 6.73. The minimum atomic E-state index is -0.235. The second-order valence-corrected chi connectivity index (χ2v) is 5.26. The first-order chi connectivity index (χ1) is 9.15. The Bertz CT molecular complexity index is 571. The lowest BCUT2D eigenvalue weighted by molar-refractivity contribution is 0.109. The van der Waals surface area contributed by atoms with Gasteiger partial charge in [-0.15, -0.1) is 0 Å². The van der Waals surface area contributed by atoms with Gasteiger partial charge in [0.25, 0.3) is 6.01 Å². The van der Waals surface area contributed by atoms with E-state index in [9.17, 15) is 5.11 Å². The molecule has 1 aromatic carbocycles. The number of aromatic nitrogens is 1. The van der Waals surface area contributed by atoms with Crippen LogP contribution in [-0.2, 0) is 0 Å². The van der Waals surface area contributed by atoms with Crippen molar-refractivity contribution in [3.8, 4) is 0 Å². The minimum absolute atomic E-state index is 0.235. The van der Waals surface area contributed by atoms with E-state index in [2.05, 4.69) is 9.88 Å². The lowest BCUT2D eigenvalue weighted by Crippen LogP contribution is -2.37. The Morgan fingerprint density at radius 1 is 1.42 bits per heavy atom. The molecular formula is C14H19N3O2. The van der Waals surface area contributed by atoms with Crippen LogP contribution in [-0.4, -0.2) is 29.3 Å². The SMILES string of the molecule is CC(O)C1CCN(c2nc3c(N)cccc3o2)CC1. The number of benzene rings is 1. The molecule has 2 aromatic rings. The van der Waals surface area contributed by atoms with Crippen LogP contribution in [0.5, 0.6) is 0 Å². The van der Waals surface area contributed by atoms with Crippen molar-refractivity contribution in [1.29, 1.82) is 0 Å². The predicted octanol–water partition coefficient (Wildman–Crippen LogP) is 2.01. The predicted molar refractivity (Wildman–Crippen MR) is 75.0 cm³/mol. The van der Waals surface area contributed by atoms with Gasteiger partial charge in [0, 0.05) is 13.1 Å². The van der Waals surface area contributed by atoms with E-state index < -0.39 is 0 Å². The summed E-state index contributed by atoms with van der Waals surface area (Å²) in [5.41, 5.74) is 7.99. The Hall–Kier alpha value is -1.75. The highest BCUT2D eigenvalue weighted by atomic mass is 16.4. The normalized spacial score (nSPS) is 18.9. The van der Waals surface area contributed by atoms with Gasteiger partial charge >= 0.3 is 0 Å². The topological polar surface area (TPSA) is 75.5 Å². The van der Waals surface area contributed by atoms with Gasteiger partial charge in [-0.05, 0) is 37.8 Å². The van der Waals surface area contributed by atoms with Crippen molar-refractivity contribution in [3.05, 3.63) is 18.2 Å².